The first-order valence-corrected chi connectivity index (χ1v) is 7.70. The molecule has 0 amide bonds. The van der Waals surface area contributed by atoms with E-state index >= 15 is 0 Å². The summed E-state index contributed by atoms with van der Waals surface area (Å²) in [4.78, 5) is 5.34. The fourth-order valence-corrected chi connectivity index (χ4v) is 3.03. The molecule has 1 N–H and O–H groups in total. The van der Waals surface area contributed by atoms with Crippen molar-refractivity contribution in [3.8, 4) is 0 Å². The van der Waals surface area contributed by atoms with Crippen molar-refractivity contribution in [1.29, 1.82) is 0 Å². The van der Waals surface area contributed by atoms with E-state index in [0.29, 0.717) is 0 Å². The van der Waals surface area contributed by atoms with Gasteiger partial charge in [0.2, 0.25) is 0 Å². The minimum Gasteiger partial charge on any atom is -0.309 e. The standard InChI is InChI=1S/C15H24N2S/c1-3-4-5-10-17(2)12-15-9-8-14(18-15)11-16-13-6-7-13/h3,8-9,13,16H,1,4-7,10-12H2,2H3. The lowest BCUT2D eigenvalue weighted by molar-refractivity contribution is 0.326. The van der Waals surface area contributed by atoms with Gasteiger partial charge in [-0.1, -0.05) is 6.08 Å². The average Bonchev–Trinajstić information content (AvgIpc) is 3.08. The molecule has 0 saturated heterocycles. The van der Waals surface area contributed by atoms with E-state index in [0.717, 1.165) is 32.1 Å². The zero-order valence-corrected chi connectivity index (χ0v) is 12.1. The van der Waals surface area contributed by atoms with E-state index in [1.54, 1.807) is 0 Å². The van der Waals surface area contributed by atoms with Crippen LogP contribution in [-0.2, 0) is 13.1 Å². The molecule has 1 aromatic heterocycles. The minimum absolute atomic E-state index is 0.803. The zero-order valence-electron chi connectivity index (χ0n) is 11.3. The Hall–Kier alpha value is -0.640. The lowest BCUT2D eigenvalue weighted by Gasteiger charge is -2.14. The Morgan fingerprint density at radius 3 is 2.94 bits per heavy atom. The van der Waals surface area contributed by atoms with Crippen molar-refractivity contribution >= 4 is 11.3 Å². The number of allylic oxidation sites excluding steroid dienone is 1. The van der Waals surface area contributed by atoms with Crippen LogP contribution in [0.5, 0.6) is 0 Å². The molecule has 1 fully saturated rings. The van der Waals surface area contributed by atoms with Gasteiger partial charge in [-0.15, -0.1) is 17.9 Å². The molecule has 1 saturated carbocycles. The Kier molecular flexibility index (Phi) is 5.42. The maximum Gasteiger partial charge on any atom is 0.0324 e. The van der Waals surface area contributed by atoms with E-state index in [-0.39, 0.29) is 0 Å². The summed E-state index contributed by atoms with van der Waals surface area (Å²) < 4.78 is 0. The highest BCUT2D eigenvalue weighted by atomic mass is 32.1. The summed E-state index contributed by atoms with van der Waals surface area (Å²) in [6.07, 6.45) is 7.06. The lowest BCUT2D eigenvalue weighted by Crippen LogP contribution is -2.18. The summed E-state index contributed by atoms with van der Waals surface area (Å²) >= 11 is 1.95. The van der Waals surface area contributed by atoms with Crippen LogP contribution in [0.4, 0.5) is 0 Å². The number of hydrogen-bond acceptors (Lipinski definition) is 3. The average molecular weight is 264 g/mol. The van der Waals surface area contributed by atoms with Crippen molar-refractivity contribution in [3.63, 3.8) is 0 Å². The summed E-state index contributed by atoms with van der Waals surface area (Å²) in [5, 5.41) is 3.57. The smallest absolute Gasteiger partial charge is 0.0324 e. The van der Waals surface area contributed by atoms with E-state index in [1.807, 2.05) is 17.4 Å². The van der Waals surface area contributed by atoms with Gasteiger partial charge in [-0.25, -0.2) is 0 Å². The number of thiophene rings is 1. The molecule has 2 rings (SSSR count). The summed E-state index contributed by atoms with van der Waals surface area (Å²) in [5.74, 6) is 0. The van der Waals surface area contributed by atoms with E-state index < -0.39 is 0 Å². The van der Waals surface area contributed by atoms with E-state index in [2.05, 4.69) is 36.0 Å². The molecule has 2 nitrogen and oxygen atoms in total. The topological polar surface area (TPSA) is 15.3 Å². The third-order valence-electron chi connectivity index (χ3n) is 3.23. The van der Waals surface area contributed by atoms with Crippen LogP contribution in [-0.4, -0.2) is 24.5 Å². The second kappa shape index (κ2) is 7.07. The first-order chi connectivity index (χ1) is 8.78. The maximum atomic E-state index is 3.76. The van der Waals surface area contributed by atoms with Crippen molar-refractivity contribution in [2.24, 2.45) is 0 Å². The molecular weight excluding hydrogens is 240 g/mol. The van der Waals surface area contributed by atoms with E-state index in [9.17, 15) is 0 Å². The fourth-order valence-electron chi connectivity index (χ4n) is 1.99. The van der Waals surface area contributed by atoms with Crippen molar-refractivity contribution in [2.75, 3.05) is 13.6 Å². The molecule has 0 atom stereocenters. The molecule has 0 radical (unpaired) electrons. The number of nitrogens with one attached hydrogen (secondary N) is 1. The second-order valence-electron chi connectivity index (χ2n) is 5.19. The Morgan fingerprint density at radius 2 is 2.22 bits per heavy atom. The molecule has 3 heteroatoms. The van der Waals surface area contributed by atoms with Gasteiger partial charge in [0.05, 0.1) is 0 Å². The van der Waals surface area contributed by atoms with Crippen molar-refractivity contribution in [1.82, 2.24) is 10.2 Å². The Balaban J connectivity index is 1.69. The van der Waals surface area contributed by atoms with Crippen molar-refractivity contribution in [2.45, 2.75) is 44.8 Å². The van der Waals surface area contributed by atoms with Crippen LogP contribution in [0.2, 0.25) is 0 Å². The highest BCUT2D eigenvalue weighted by molar-refractivity contribution is 7.11. The van der Waals surface area contributed by atoms with Crippen molar-refractivity contribution < 1.29 is 0 Å². The van der Waals surface area contributed by atoms with Crippen LogP contribution in [0.3, 0.4) is 0 Å². The SMILES string of the molecule is C=CCCCN(C)Cc1ccc(CNC2CC2)s1. The highest BCUT2D eigenvalue weighted by Gasteiger charge is 2.20. The van der Waals surface area contributed by atoms with E-state index in [4.69, 9.17) is 0 Å². The normalized spacial score (nSPS) is 15.2. The summed E-state index contributed by atoms with van der Waals surface area (Å²) in [5.41, 5.74) is 0. The minimum atomic E-state index is 0.803. The molecule has 0 aliphatic heterocycles. The maximum absolute atomic E-state index is 3.76. The fraction of sp³-hybridized carbons (Fsp3) is 0.600. The zero-order chi connectivity index (χ0) is 12.8. The summed E-state index contributed by atoms with van der Waals surface area (Å²) in [6, 6.07) is 5.35. The molecule has 0 aromatic carbocycles. The van der Waals surface area contributed by atoms with Crippen LogP contribution in [0.15, 0.2) is 24.8 Å². The second-order valence-corrected chi connectivity index (χ2v) is 6.44. The van der Waals surface area contributed by atoms with Gasteiger partial charge >= 0.3 is 0 Å². The predicted molar refractivity (Wildman–Crippen MR) is 79.9 cm³/mol. The Bertz CT molecular complexity index is 368. The number of rotatable bonds is 9. The molecule has 1 aliphatic rings. The first-order valence-electron chi connectivity index (χ1n) is 6.88. The monoisotopic (exact) mass is 264 g/mol. The molecule has 0 bridgehead atoms. The number of nitrogens with zero attached hydrogens (tertiary/aromatic N) is 1. The van der Waals surface area contributed by atoms with Gasteiger partial charge < -0.3 is 10.2 Å². The Morgan fingerprint density at radius 1 is 1.44 bits per heavy atom. The highest BCUT2D eigenvalue weighted by Crippen LogP contribution is 2.22. The molecule has 1 heterocycles. The molecule has 100 valence electrons. The van der Waals surface area contributed by atoms with Gasteiger partial charge in [0.1, 0.15) is 0 Å². The quantitative estimate of drug-likeness (QED) is 0.543. The summed E-state index contributed by atoms with van der Waals surface area (Å²) in [6.45, 7) is 7.04. The van der Waals surface area contributed by atoms with Crippen LogP contribution >= 0.6 is 11.3 Å². The van der Waals surface area contributed by atoms with Gasteiger partial charge in [-0.05, 0) is 51.4 Å². The molecule has 0 unspecified atom stereocenters. The molecular formula is C15H24N2S. The first kappa shape index (κ1) is 13.8. The number of unbranched alkanes of at least 4 members (excludes halogenated alkanes) is 1. The third-order valence-corrected chi connectivity index (χ3v) is 4.30. The predicted octanol–water partition coefficient (Wildman–Crippen LogP) is 3.40. The lowest BCUT2D eigenvalue weighted by atomic mass is 10.3. The molecule has 1 aliphatic carbocycles. The third kappa shape index (κ3) is 4.92. The molecule has 1 aromatic rings. The van der Waals surface area contributed by atoms with Gasteiger partial charge in [-0.3, -0.25) is 0 Å². The van der Waals surface area contributed by atoms with Gasteiger partial charge in [0, 0.05) is 28.9 Å². The van der Waals surface area contributed by atoms with Gasteiger partial charge in [-0.2, -0.15) is 0 Å². The Labute approximate surface area is 115 Å². The van der Waals surface area contributed by atoms with Crippen LogP contribution in [0, 0.1) is 0 Å². The van der Waals surface area contributed by atoms with Crippen LogP contribution in [0.25, 0.3) is 0 Å². The van der Waals surface area contributed by atoms with Crippen molar-refractivity contribution in [3.05, 3.63) is 34.5 Å². The largest absolute Gasteiger partial charge is 0.309 e. The van der Waals surface area contributed by atoms with Crippen LogP contribution < -0.4 is 5.32 Å². The van der Waals surface area contributed by atoms with Gasteiger partial charge in [0.15, 0.2) is 0 Å². The molecule has 18 heavy (non-hydrogen) atoms. The van der Waals surface area contributed by atoms with Crippen LogP contribution in [0.1, 0.15) is 35.4 Å². The summed E-state index contributed by atoms with van der Waals surface area (Å²) in [7, 11) is 2.20. The molecule has 0 spiro atoms. The van der Waals surface area contributed by atoms with Gasteiger partial charge in [0.25, 0.3) is 0 Å². The van der Waals surface area contributed by atoms with E-state index in [1.165, 1.54) is 29.0 Å². The number of hydrogen-bond donors (Lipinski definition) is 1.